The van der Waals surface area contributed by atoms with Crippen LogP contribution in [0.4, 0.5) is 0 Å². The fourth-order valence-corrected chi connectivity index (χ4v) is 5.07. The van der Waals surface area contributed by atoms with Gasteiger partial charge in [-0.25, -0.2) is 14.4 Å². The first-order chi connectivity index (χ1) is 18.6. The molecule has 0 saturated carbocycles. The number of para-hydroxylation sites is 2. The highest BCUT2D eigenvalue weighted by Gasteiger charge is 2.23. The number of carbonyl (C=O) groups is 2. The van der Waals surface area contributed by atoms with Gasteiger partial charge in [0.25, 0.3) is 0 Å². The van der Waals surface area contributed by atoms with Gasteiger partial charge >= 0.3 is 23.3 Å². The van der Waals surface area contributed by atoms with E-state index < -0.39 is 24.5 Å². The molecule has 3 heterocycles. The number of imidazole rings is 2. The Morgan fingerprint density at radius 2 is 1.64 bits per heavy atom. The lowest BCUT2D eigenvalue weighted by molar-refractivity contribution is -0.152. The average molecular weight is 560 g/mol. The number of aromatic nitrogens is 4. The van der Waals surface area contributed by atoms with Gasteiger partial charge in [-0.3, -0.25) is 13.9 Å². The van der Waals surface area contributed by atoms with Crippen LogP contribution < -0.4 is 11.4 Å². The van der Waals surface area contributed by atoms with E-state index in [0.29, 0.717) is 11.6 Å². The number of fused-ring (bicyclic) bond motifs is 2. The molecule has 1 aliphatic heterocycles. The molecule has 208 valence electrons. The molecule has 1 fully saturated rings. The molecule has 2 aromatic carbocycles. The van der Waals surface area contributed by atoms with E-state index in [0.717, 1.165) is 61.0 Å². The molecule has 1 atom stereocenters. The third kappa shape index (κ3) is 6.77. The predicted molar refractivity (Wildman–Crippen MR) is 145 cm³/mol. The fourth-order valence-electron chi connectivity index (χ4n) is 4.90. The molecule has 0 spiro atoms. The highest BCUT2D eigenvalue weighted by Crippen LogP contribution is 2.26. The predicted octanol–water partition coefficient (Wildman–Crippen LogP) is 2.26. The Labute approximate surface area is 227 Å². The molecule has 0 amide bonds. The zero-order valence-electron chi connectivity index (χ0n) is 21.0. The molecule has 13 heteroatoms. The van der Waals surface area contributed by atoms with Crippen molar-refractivity contribution < 1.29 is 24.9 Å². The summed E-state index contributed by atoms with van der Waals surface area (Å²) in [7, 11) is 0. The minimum Gasteiger partial charge on any atom is -0.481 e. The largest absolute Gasteiger partial charge is 0.481 e. The van der Waals surface area contributed by atoms with Gasteiger partial charge in [-0.05, 0) is 56.1 Å². The van der Waals surface area contributed by atoms with E-state index in [9.17, 15) is 19.2 Å². The lowest BCUT2D eigenvalue weighted by atomic mass is 10.0. The number of rotatable bonds is 8. The zero-order valence-corrected chi connectivity index (χ0v) is 21.8. The molecule has 4 aromatic rings. The lowest BCUT2D eigenvalue weighted by Gasteiger charge is -2.32. The summed E-state index contributed by atoms with van der Waals surface area (Å²) in [6.45, 7) is 3.53. The smallest absolute Gasteiger partial charge is 0.333 e. The summed E-state index contributed by atoms with van der Waals surface area (Å²) >= 11 is 6.05. The summed E-state index contributed by atoms with van der Waals surface area (Å²) in [5.74, 6) is -2.85. The Morgan fingerprint density at radius 3 is 2.31 bits per heavy atom. The molecular weight excluding hydrogens is 530 g/mol. The number of aromatic amines is 2. The molecule has 1 unspecified atom stereocenters. The summed E-state index contributed by atoms with van der Waals surface area (Å²) in [4.78, 5) is 52.4. The molecule has 0 radical (unpaired) electrons. The normalized spacial score (nSPS) is 15.2. The van der Waals surface area contributed by atoms with Crippen molar-refractivity contribution in [2.75, 3.05) is 19.6 Å². The number of carboxylic acids is 2. The van der Waals surface area contributed by atoms with Crippen molar-refractivity contribution in [2.45, 2.75) is 44.4 Å². The van der Waals surface area contributed by atoms with Gasteiger partial charge in [-0.1, -0.05) is 23.7 Å². The molecule has 12 nitrogen and oxygen atoms in total. The van der Waals surface area contributed by atoms with Gasteiger partial charge in [0.15, 0.2) is 6.10 Å². The van der Waals surface area contributed by atoms with Crippen molar-refractivity contribution in [1.82, 2.24) is 24.0 Å². The van der Waals surface area contributed by atoms with Crippen LogP contribution in [0.25, 0.3) is 22.1 Å². The number of hydrogen-bond donors (Lipinski definition) is 5. The van der Waals surface area contributed by atoms with Crippen LogP contribution in [0.1, 0.15) is 31.7 Å². The van der Waals surface area contributed by atoms with Crippen LogP contribution in [0, 0.1) is 0 Å². The van der Waals surface area contributed by atoms with Crippen molar-refractivity contribution >= 4 is 45.6 Å². The topological polar surface area (TPSA) is 174 Å². The third-order valence-electron chi connectivity index (χ3n) is 6.79. The number of piperidine rings is 1. The second-order valence-corrected chi connectivity index (χ2v) is 9.88. The fraction of sp³-hybridized carbons (Fsp3) is 0.385. The summed E-state index contributed by atoms with van der Waals surface area (Å²) < 4.78 is 3.70. The number of carboxylic acid groups (broad SMARTS) is 2. The molecule has 5 N–H and O–H groups in total. The SMILES string of the molecule is O=C(O)CC(O)C(=O)O.O=c1[nH]c2ccccc2n1CCCN1CCC(n2c(=O)[nH]c3cc(Cl)ccc32)CC1. The van der Waals surface area contributed by atoms with E-state index in [1.165, 1.54) is 0 Å². The van der Waals surface area contributed by atoms with Crippen LogP contribution in [-0.2, 0) is 16.1 Å². The van der Waals surface area contributed by atoms with E-state index >= 15 is 0 Å². The Balaban J connectivity index is 0.000000340. The van der Waals surface area contributed by atoms with E-state index in [4.69, 9.17) is 26.9 Å². The molecule has 2 aromatic heterocycles. The van der Waals surface area contributed by atoms with Gasteiger partial charge in [0.1, 0.15) is 0 Å². The van der Waals surface area contributed by atoms with E-state index in [-0.39, 0.29) is 17.4 Å². The number of nitrogens with zero attached hydrogens (tertiary/aromatic N) is 3. The highest BCUT2D eigenvalue weighted by molar-refractivity contribution is 6.31. The Kier molecular flexibility index (Phi) is 8.90. The van der Waals surface area contributed by atoms with Crippen molar-refractivity contribution in [3.8, 4) is 0 Å². The Morgan fingerprint density at radius 1 is 0.949 bits per heavy atom. The summed E-state index contributed by atoms with van der Waals surface area (Å²) in [6, 6.07) is 13.5. The summed E-state index contributed by atoms with van der Waals surface area (Å²) in [5.41, 5.74) is 3.44. The number of aliphatic carboxylic acids is 2. The highest BCUT2D eigenvalue weighted by atomic mass is 35.5. The van der Waals surface area contributed by atoms with Crippen LogP contribution in [0.3, 0.4) is 0 Å². The van der Waals surface area contributed by atoms with Gasteiger partial charge in [0, 0.05) is 30.7 Å². The van der Waals surface area contributed by atoms with E-state index in [1.807, 2.05) is 45.5 Å². The van der Waals surface area contributed by atoms with Gasteiger partial charge in [-0.15, -0.1) is 0 Å². The van der Waals surface area contributed by atoms with Crippen molar-refractivity contribution in [3.05, 3.63) is 68.5 Å². The number of benzene rings is 2. The number of likely N-dealkylation sites (tertiary alicyclic amines) is 1. The van der Waals surface area contributed by atoms with Gasteiger partial charge < -0.3 is 30.2 Å². The monoisotopic (exact) mass is 559 g/mol. The molecule has 0 aliphatic carbocycles. The maximum absolute atomic E-state index is 12.5. The first kappa shape index (κ1) is 28.1. The molecule has 1 aliphatic rings. The van der Waals surface area contributed by atoms with Crippen molar-refractivity contribution in [1.29, 1.82) is 0 Å². The lowest BCUT2D eigenvalue weighted by Crippen LogP contribution is -2.37. The number of aryl methyl sites for hydroxylation is 1. The molecule has 5 rings (SSSR count). The quantitative estimate of drug-likeness (QED) is 0.218. The number of aliphatic hydroxyl groups excluding tert-OH is 1. The average Bonchev–Trinajstić information content (AvgIpc) is 3.39. The maximum atomic E-state index is 12.5. The van der Waals surface area contributed by atoms with Crippen LogP contribution in [0.5, 0.6) is 0 Å². The van der Waals surface area contributed by atoms with Crippen molar-refractivity contribution in [3.63, 3.8) is 0 Å². The third-order valence-corrected chi connectivity index (χ3v) is 7.03. The number of H-pyrrole nitrogens is 2. The Bertz CT molecular complexity index is 1580. The van der Waals surface area contributed by atoms with Gasteiger partial charge in [-0.2, -0.15) is 0 Å². The first-order valence-electron chi connectivity index (χ1n) is 12.6. The second-order valence-electron chi connectivity index (χ2n) is 9.44. The number of nitrogens with one attached hydrogen (secondary N) is 2. The molecule has 39 heavy (non-hydrogen) atoms. The van der Waals surface area contributed by atoms with Gasteiger partial charge in [0.2, 0.25) is 0 Å². The van der Waals surface area contributed by atoms with Crippen LogP contribution in [-0.4, -0.2) is 77.0 Å². The first-order valence-corrected chi connectivity index (χ1v) is 12.9. The molecule has 1 saturated heterocycles. The Hall–Kier alpha value is -3.87. The second kappa shape index (κ2) is 12.3. The van der Waals surface area contributed by atoms with E-state index in [1.54, 1.807) is 6.07 Å². The zero-order chi connectivity index (χ0) is 28.1. The number of aliphatic hydroxyl groups is 1. The van der Waals surface area contributed by atoms with Gasteiger partial charge in [0.05, 0.1) is 28.5 Å². The standard InChI is InChI=1S/C22H24ClN5O2.C4H6O5/c23-15-6-7-20-18(14-15)25-22(30)28(20)16-8-12-26(13-9-16)10-3-11-27-19-5-2-1-4-17(19)24-21(27)29;5-2(4(8)9)1-3(6)7/h1-2,4-7,14,16H,3,8-13H2,(H,24,29)(H,25,30);2,5H,1H2,(H,6,7)(H,8,9). The number of hydrogen-bond acceptors (Lipinski definition) is 6. The minimum atomic E-state index is -1.79. The van der Waals surface area contributed by atoms with Crippen LogP contribution in [0.15, 0.2) is 52.1 Å². The molecule has 0 bridgehead atoms. The molecular formula is C26H30ClN5O7. The van der Waals surface area contributed by atoms with Crippen LogP contribution in [0.2, 0.25) is 5.02 Å². The maximum Gasteiger partial charge on any atom is 0.333 e. The summed E-state index contributed by atoms with van der Waals surface area (Å²) in [6.07, 6.45) is 0.237. The van der Waals surface area contributed by atoms with Crippen LogP contribution >= 0.6 is 11.6 Å². The van der Waals surface area contributed by atoms with E-state index in [2.05, 4.69) is 14.9 Å². The minimum absolute atomic E-state index is 0.0475. The van der Waals surface area contributed by atoms with Crippen molar-refractivity contribution in [2.24, 2.45) is 0 Å². The summed E-state index contributed by atoms with van der Waals surface area (Å²) in [5, 5.41) is 24.8. The number of halogens is 1.